The zero-order valence-electron chi connectivity index (χ0n) is 15.0. The molecule has 0 fully saturated rings. The topological polar surface area (TPSA) is 72.5 Å². The molecule has 0 aliphatic heterocycles. The molecule has 2 atom stereocenters. The van der Waals surface area contributed by atoms with Crippen molar-refractivity contribution in [3.63, 3.8) is 0 Å². The Bertz CT molecular complexity index is 1030. The zero-order valence-corrected chi connectivity index (χ0v) is 15.8. The van der Waals surface area contributed by atoms with Crippen LogP contribution in [0.2, 0.25) is 0 Å². The van der Waals surface area contributed by atoms with E-state index in [1.807, 2.05) is 36.4 Å². The molecule has 1 amide bonds. The maximum absolute atomic E-state index is 12.4. The van der Waals surface area contributed by atoms with Crippen LogP contribution < -0.4 is 5.32 Å². The second-order valence-corrected chi connectivity index (χ2v) is 7.40. The highest BCUT2D eigenvalue weighted by atomic mass is 32.2. The number of benzene rings is 3. The van der Waals surface area contributed by atoms with Crippen LogP contribution in [0.3, 0.4) is 0 Å². The number of carbonyl (C=O) groups is 2. The van der Waals surface area contributed by atoms with Crippen molar-refractivity contribution in [2.24, 2.45) is 0 Å². The van der Waals surface area contributed by atoms with E-state index in [4.69, 9.17) is 4.74 Å². The van der Waals surface area contributed by atoms with Gasteiger partial charge in [-0.25, -0.2) is 4.79 Å². The van der Waals surface area contributed by atoms with Crippen LogP contribution in [0, 0.1) is 0 Å². The maximum atomic E-state index is 12.4. The van der Waals surface area contributed by atoms with Gasteiger partial charge in [0, 0.05) is 11.9 Å². The van der Waals surface area contributed by atoms with Crippen LogP contribution in [-0.2, 0) is 20.3 Å². The molecule has 0 aliphatic carbocycles. The van der Waals surface area contributed by atoms with Crippen LogP contribution in [-0.4, -0.2) is 28.4 Å². The third kappa shape index (κ3) is 4.41. The molecule has 0 aromatic heterocycles. The van der Waals surface area contributed by atoms with Gasteiger partial charge in [0.15, 0.2) is 6.10 Å². The van der Waals surface area contributed by atoms with Crippen molar-refractivity contribution in [3.8, 4) is 0 Å². The van der Waals surface area contributed by atoms with Crippen molar-refractivity contribution < 1.29 is 18.5 Å². The predicted octanol–water partition coefficient (Wildman–Crippen LogP) is 3.76. The van der Waals surface area contributed by atoms with Gasteiger partial charge in [0.25, 0.3) is 5.91 Å². The van der Waals surface area contributed by atoms with E-state index < -0.39 is 28.8 Å². The van der Waals surface area contributed by atoms with Crippen molar-refractivity contribution >= 4 is 39.1 Å². The number of hydrogen-bond donors (Lipinski definition) is 1. The Morgan fingerprint density at radius 1 is 0.963 bits per heavy atom. The summed E-state index contributed by atoms with van der Waals surface area (Å²) in [5, 5.41) is 4.82. The number of carbonyl (C=O) groups excluding carboxylic acids is 2. The molecule has 5 nitrogen and oxygen atoms in total. The Balaban J connectivity index is 1.70. The second kappa shape index (κ2) is 8.14. The number of ether oxygens (including phenoxy) is 1. The number of rotatable bonds is 5. The summed E-state index contributed by atoms with van der Waals surface area (Å²) in [7, 11) is -1.33. The minimum Gasteiger partial charge on any atom is -0.449 e. The van der Waals surface area contributed by atoms with E-state index in [9.17, 15) is 13.8 Å². The van der Waals surface area contributed by atoms with Gasteiger partial charge in [0.05, 0.1) is 21.3 Å². The quantitative estimate of drug-likeness (QED) is 0.683. The highest BCUT2D eigenvalue weighted by Crippen LogP contribution is 2.19. The first-order valence-corrected chi connectivity index (χ1v) is 9.94. The van der Waals surface area contributed by atoms with Crippen LogP contribution in [0.5, 0.6) is 0 Å². The summed E-state index contributed by atoms with van der Waals surface area (Å²) < 4.78 is 17.0. The molecule has 1 N–H and O–H groups in total. The molecule has 0 aliphatic rings. The van der Waals surface area contributed by atoms with Crippen molar-refractivity contribution in [3.05, 3.63) is 72.3 Å². The smallest absolute Gasteiger partial charge is 0.340 e. The summed E-state index contributed by atoms with van der Waals surface area (Å²) >= 11 is 0. The van der Waals surface area contributed by atoms with Gasteiger partial charge < -0.3 is 10.1 Å². The number of anilines is 1. The summed E-state index contributed by atoms with van der Waals surface area (Å²) in [5.41, 5.74) is 0.820. The maximum Gasteiger partial charge on any atom is 0.340 e. The van der Waals surface area contributed by atoms with Crippen molar-refractivity contribution in [2.75, 3.05) is 11.6 Å². The summed E-state index contributed by atoms with van der Waals surface area (Å²) in [6.07, 6.45) is 0.490. The molecule has 0 radical (unpaired) electrons. The molecule has 3 aromatic carbocycles. The van der Waals surface area contributed by atoms with Gasteiger partial charge in [-0.2, -0.15) is 0 Å². The molecule has 0 bridgehead atoms. The standard InChI is InChI=1S/C21H19NO4S/c1-14(26-21(24)18-9-5-6-10-19(18)27(2)25)20(23)22-17-12-11-15-7-3-4-8-16(15)13-17/h3-14H,1-2H3,(H,22,23)/t14-,27-/m0/s1. The summed E-state index contributed by atoms with van der Waals surface area (Å²) in [5.74, 6) is -1.12. The van der Waals surface area contributed by atoms with Gasteiger partial charge in [0.1, 0.15) is 0 Å². The fourth-order valence-corrected chi connectivity index (χ4v) is 3.41. The van der Waals surface area contributed by atoms with Gasteiger partial charge in [-0.1, -0.05) is 42.5 Å². The van der Waals surface area contributed by atoms with Gasteiger partial charge in [-0.3, -0.25) is 9.00 Å². The Morgan fingerprint density at radius 2 is 1.63 bits per heavy atom. The molecular formula is C21H19NO4S. The van der Waals surface area contributed by atoms with E-state index in [1.54, 1.807) is 24.3 Å². The van der Waals surface area contributed by atoms with Crippen LogP contribution in [0.25, 0.3) is 10.8 Å². The molecule has 27 heavy (non-hydrogen) atoms. The highest BCUT2D eigenvalue weighted by molar-refractivity contribution is 7.84. The van der Waals surface area contributed by atoms with Gasteiger partial charge >= 0.3 is 5.97 Å². The van der Waals surface area contributed by atoms with Crippen LogP contribution in [0.4, 0.5) is 5.69 Å². The highest BCUT2D eigenvalue weighted by Gasteiger charge is 2.21. The van der Waals surface area contributed by atoms with Crippen molar-refractivity contribution in [1.29, 1.82) is 0 Å². The monoisotopic (exact) mass is 381 g/mol. The minimum absolute atomic E-state index is 0.198. The normalized spacial score (nSPS) is 13.0. The van der Waals surface area contributed by atoms with E-state index in [-0.39, 0.29) is 5.56 Å². The van der Waals surface area contributed by atoms with Gasteiger partial charge in [0.2, 0.25) is 0 Å². The Labute approximate surface area is 159 Å². The zero-order chi connectivity index (χ0) is 19.4. The lowest BCUT2D eigenvalue weighted by atomic mass is 10.1. The first-order valence-electron chi connectivity index (χ1n) is 8.39. The average Bonchev–Trinajstić information content (AvgIpc) is 2.67. The predicted molar refractivity (Wildman–Crippen MR) is 106 cm³/mol. The number of amides is 1. The average molecular weight is 381 g/mol. The molecule has 138 valence electrons. The van der Waals surface area contributed by atoms with E-state index >= 15 is 0 Å². The largest absolute Gasteiger partial charge is 0.449 e. The molecule has 0 unspecified atom stereocenters. The molecule has 0 saturated carbocycles. The fourth-order valence-electron chi connectivity index (χ4n) is 2.67. The molecule has 6 heteroatoms. The molecular weight excluding hydrogens is 362 g/mol. The van der Waals surface area contributed by atoms with E-state index in [2.05, 4.69) is 5.32 Å². The summed E-state index contributed by atoms with van der Waals surface area (Å²) in [4.78, 5) is 25.1. The fraction of sp³-hybridized carbons (Fsp3) is 0.143. The van der Waals surface area contributed by atoms with Crippen LogP contribution in [0.1, 0.15) is 17.3 Å². The lowest BCUT2D eigenvalue weighted by Gasteiger charge is -2.15. The van der Waals surface area contributed by atoms with Gasteiger partial charge in [-0.15, -0.1) is 0 Å². The molecule has 3 rings (SSSR count). The lowest BCUT2D eigenvalue weighted by Crippen LogP contribution is -2.30. The first-order chi connectivity index (χ1) is 13.0. The first kappa shape index (κ1) is 18.8. The third-order valence-electron chi connectivity index (χ3n) is 4.09. The third-order valence-corrected chi connectivity index (χ3v) is 5.06. The Hall–Kier alpha value is -2.99. The van der Waals surface area contributed by atoms with Gasteiger partial charge in [-0.05, 0) is 42.0 Å². The number of hydrogen-bond acceptors (Lipinski definition) is 4. The minimum atomic E-state index is -1.33. The number of nitrogens with one attached hydrogen (secondary N) is 1. The van der Waals surface area contributed by atoms with Crippen LogP contribution in [0.15, 0.2) is 71.6 Å². The number of fused-ring (bicyclic) bond motifs is 1. The molecule has 0 heterocycles. The van der Waals surface area contributed by atoms with Crippen molar-refractivity contribution in [2.45, 2.75) is 17.9 Å². The number of esters is 1. The van der Waals surface area contributed by atoms with E-state index in [0.29, 0.717) is 10.6 Å². The second-order valence-electron chi connectivity index (χ2n) is 6.05. The summed E-state index contributed by atoms with van der Waals surface area (Å²) in [6.45, 7) is 1.50. The SMILES string of the molecule is C[C@H](OC(=O)c1ccccc1[S@](C)=O)C(=O)Nc1ccc2ccccc2c1. The van der Waals surface area contributed by atoms with E-state index in [0.717, 1.165) is 10.8 Å². The summed E-state index contributed by atoms with van der Waals surface area (Å²) in [6, 6.07) is 19.9. The lowest BCUT2D eigenvalue weighted by molar-refractivity contribution is -0.123. The molecule has 0 spiro atoms. The molecule has 0 saturated heterocycles. The van der Waals surface area contributed by atoms with E-state index in [1.165, 1.54) is 19.2 Å². The van der Waals surface area contributed by atoms with Crippen molar-refractivity contribution in [1.82, 2.24) is 0 Å². The van der Waals surface area contributed by atoms with Crippen LogP contribution >= 0.6 is 0 Å². The Morgan fingerprint density at radius 3 is 2.37 bits per heavy atom. The molecule has 3 aromatic rings. The Kier molecular flexibility index (Phi) is 5.66.